The van der Waals surface area contributed by atoms with Crippen LogP contribution in [-0.2, 0) is 6.18 Å². The molecule has 0 spiro atoms. The summed E-state index contributed by atoms with van der Waals surface area (Å²) in [6, 6.07) is 4.11. The van der Waals surface area contributed by atoms with Crippen molar-refractivity contribution in [2.24, 2.45) is 0 Å². The van der Waals surface area contributed by atoms with Crippen LogP contribution in [0.1, 0.15) is 41.4 Å². The van der Waals surface area contributed by atoms with E-state index in [-0.39, 0.29) is 17.3 Å². The van der Waals surface area contributed by atoms with Gasteiger partial charge >= 0.3 is 12.1 Å². The molecule has 0 atom stereocenters. The molecule has 2 aromatic rings. The quantitative estimate of drug-likeness (QED) is 0.914. The topological polar surface area (TPSA) is 75.1 Å². The van der Waals surface area contributed by atoms with Gasteiger partial charge in [0.05, 0.1) is 16.9 Å². The lowest BCUT2D eigenvalue weighted by Crippen LogP contribution is -2.20. The summed E-state index contributed by atoms with van der Waals surface area (Å²) in [4.78, 5) is 23.4. The summed E-state index contributed by atoms with van der Waals surface area (Å²) >= 11 is 0. The van der Waals surface area contributed by atoms with Crippen molar-refractivity contribution in [2.75, 3.05) is 0 Å². The van der Waals surface area contributed by atoms with Crippen LogP contribution in [0.5, 0.6) is 0 Å². The number of hydrogen-bond acceptors (Lipinski definition) is 2. The van der Waals surface area contributed by atoms with E-state index >= 15 is 0 Å². The Morgan fingerprint density at radius 2 is 1.95 bits per heavy atom. The molecule has 5 nitrogen and oxygen atoms in total. The largest absolute Gasteiger partial charge is 0.477 e. The van der Waals surface area contributed by atoms with E-state index in [1.807, 2.05) is 0 Å². The van der Waals surface area contributed by atoms with Gasteiger partial charge in [0, 0.05) is 0 Å². The monoisotopic (exact) mass is 314 g/mol. The van der Waals surface area contributed by atoms with E-state index in [1.165, 1.54) is 6.07 Å². The van der Waals surface area contributed by atoms with Gasteiger partial charge in [0.25, 0.3) is 5.56 Å². The molecule has 2 rings (SSSR count). The van der Waals surface area contributed by atoms with Crippen molar-refractivity contribution < 1.29 is 23.1 Å². The maximum absolute atomic E-state index is 12.7. The number of aromatic nitrogens is 2. The predicted octanol–water partition coefficient (Wildman–Crippen LogP) is 3.01. The molecule has 22 heavy (non-hydrogen) atoms. The second-order valence-corrected chi connectivity index (χ2v) is 5.05. The molecule has 1 aromatic carbocycles. The minimum Gasteiger partial charge on any atom is -0.477 e. The van der Waals surface area contributed by atoms with Crippen molar-refractivity contribution in [2.45, 2.75) is 25.9 Å². The highest BCUT2D eigenvalue weighted by molar-refractivity contribution is 5.88. The van der Waals surface area contributed by atoms with Crippen LogP contribution in [0.4, 0.5) is 13.2 Å². The number of rotatable bonds is 3. The van der Waals surface area contributed by atoms with Crippen LogP contribution in [0.15, 0.2) is 29.1 Å². The first-order valence-corrected chi connectivity index (χ1v) is 6.38. The Labute approximate surface area is 123 Å². The van der Waals surface area contributed by atoms with Gasteiger partial charge in [-0.2, -0.15) is 13.2 Å². The number of carboxylic acids is 1. The summed E-state index contributed by atoms with van der Waals surface area (Å²) in [5.41, 5.74) is -2.19. The third kappa shape index (κ3) is 2.76. The third-order valence-corrected chi connectivity index (χ3v) is 3.14. The molecule has 0 radical (unpaired) electrons. The number of alkyl halides is 3. The van der Waals surface area contributed by atoms with E-state index in [0.717, 1.165) is 22.9 Å². The van der Waals surface area contributed by atoms with E-state index in [1.54, 1.807) is 13.8 Å². The molecular weight excluding hydrogens is 301 g/mol. The zero-order valence-corrected chi connectivity index (χ0v) is 11.7. The third-order valence-electron chi connectivity index (χ3n) is 3.14. The summed E-state index contributed by atoms with van der Waals surface area (Å²) in [5, 5.41) is 11.7. The summed E-state index contributed by atoms with van der Waals surface area (Å²) < 4.78 is 39.0. The van der Waals surface area contributed by atoms with Gasteiger partial charge in [0.1, 0.15) is 5.56 Å². The van der Waals surface area contributed by atoms with Crippen LogP contribution in [0, 0.1) is 0 Å². The fourth-order valence-corrected chi connectivity index (χ4v) is 2.08. The smallest absolute Gasteiger partial charge is 0.416 e. The number of halogens is 3. The molecule has 0 unspecified atom stereocenters. The number of carbonyl (C=O) groups is 1. The molecule has 0 aliphatic rings. The molecular formula is C14H13F3N2O3. The Hall–Kier alpha value is -2.51. The molecule has 0 fully saturated rings. The lowest BCUT2D eigenvalue weighted by molar-refractivity contribution is -0.137. The van der Waals surface area contributed by atoms with Crippen LogP contribution in [-0.4, -0.2) is 20.9 Å². The Kier molecular flexibility index (Phi) is 3.87. The molecule has 2 N–H and O–H groups in total. The van der Waals surface area contributed by atoms with Gasteiger partial charge in [0.2, 0.25) is 0 Å². The fourth-order valence-electron chi connectivity index (χ4n) is 2.08. The van der Waals surface area contributed by atoms with Crippen molar-refractivity contribution in [1.82, 2.24) is 9.78 Å². The summed E-state index contributed by atoms with van der Waals surface area (Å²) in [6.07, 6.45) is -4.55. The summed E-state index contributed by atoms with van der Waals surface area (Å²) in [6.45, 7) is 3.35. The molecule has 1 heterocycles. The lowest BCUT2D eigenvalue weighted by atomic mass is 10.1. The first-order valence-electron chi connectivity index (χ1n) is 6.38. The first-order chi connectivity index (χ1) is 10.1. The molecule has 0 aliphatic carbocycles. The highest BCUT2D eigenvalue weighted by Crippen LogP contribution is 2.30. The van der Waals surface area contributed by atoms with Crippen LogP contribution in [0.25, 0.3) is 5.69 Å². The van der Waals surface area contributed by atoms with Crippen LogP contribution >= 0.6 is 0 Å². The minimum atomic E-state index is -4.55. The number of benzene rings is 1. The van der Waals surface area contributed by atoms with Gasteiger partial charge in [-0.15, -0.1) is 0 Å². The highest BCUT2D eigenvalue weighted by atomic mass is 19.4. The summed E-state index contributed by atoms with van der Waals surface area (Å²) in [5.74, 6) is -1.72. The number of H-pyrrole nitrogens is 1. The molecule has 8 heteroatoms. The van der Waals surface area contributed by atoms with Gasteiger partial charge in [-0.25, -0.2) is 9.48 Å². The Balaban J connectivity index is 2.67. The van der Waals surface area contributed by atoms with Crippen molar-refractivity contribution in [1.29, 1.82) is 0 Å². The van der Waals surface area contributed by atoms with Crippen molar-refractivity contribution >= 4 is 5.97 Å². The van der Waals surface area contributed by atoms with Crippen LogP contribution in [0.3, 0.4) is 0 Å². The van der Waals surface area contributed by atoms with Crippen molar-refractivity contribution in [3.05, 3.63) is 51.4 Å². The number of carboxylic acid groups (broad SMARTS) is 1. The number of nitrogens with zero attached hydrogens (tertiary/aromatic N) is 1. The van der Waals surface area contributed by atoms with E-state index in [4.69, 9.17) is 5.11 Å². The second-order valence-electron chi connectivity index (χ2n) is 5.05. The average molecular weight is 314 g/mol. The summed E-state index contributed by atoms with van der Waals surface area (Å²) in [7, 11) is 0. The average Bonchev–Trinajstić information content (AvgIpc) is 2.76. The second kappa shape index (κ2) is 5.36. The molecule has 0 bridgehead atoms. The molecule has 1 aromatic heterocycles. The Morgan fingerprint density at radius 3 is 2.41 bits per heavy atom. The highest BCUT2D eigenvalue weighted by Gasteiger charge is 2.31. The normalized spacial score (nSPS) is 11.9. The number of nitrogens with one attached hydrogen (secondary N) is 1. The van der Waals surface area contributed by atoms with Crippen LogP contribution in [0.2, 0.25) is 0 Å². The first kappa shape index (κ1) is 15.9. The van der Waals surface area contributed by atoms with E-state index < -0.39 is 28.8 Å². The molecule has 0 saturated heterocycles. The van der Waals surface area contributed by atoms with Gasteiger partial charge in [-0.05, 0) is 24.1 Å². The van der Waals surface area contributed by atoms with Crippen LogP contribution < -0.4 is 5.56 Å². The molecule has 0 amide bonds. The molecule has 0 saturated carbocycles. The van der Waals surface area contributed by atoms with E-state index in [9.17, 15) is 22.8 Å². The maximum Gasteiger partial charge on any atom is 0.416 e. The van der Waals surface area contributed by atoms with E-state index in [2.05, 4.69) is 5.10 Å². The van der Waals surface area contributed by atoms with Crippen molar-refractivity contribution in [3.8, 4) is 5.69 Å². The van der Waals surface area contributed by atoms with Crippen molar-refractivity contribution in [3.63, 3.8) is 0 Å². The number of hydrogen-bond donors (Lipinski definition) is 2. The van der Waals surface area contributed by atoms with Gasteiger partial charge in [0.15, 0.2) is 0 Å². The van der Waals surface area contributed by atoms with Gasteiger partial charge in [-0.3, -0.25) is 9.89 Å². The Morgan fingerprint density at radius 1 is 1.32 bits per heavy atom. The molecule has 0 aliphatic heterocycles. The lowest BCUT2D eigenvalue weighted by Gasteiger charge is -2.09. The zero-order chi connectivity index (χ0) is 16.7. The predicted molar refractivity (Wildman–Crippen MR) is 72.4 cm³/mol. The zero-order valence-electron chi connectivity index (χ0n) is 11.7. The number of aromatic amines is 1. The standard InChI is InChI=1S/C14H13F3N2O3/c1-7(2)11-10(13(21)22)12(20)19(18-11)9-5-3-4-8(6-9)14(15,16)17/h3-7,18H,1-2H3,(H,21,22). The number of aromatic carboxylic acids is 1. The minimum absolute atomic E-state index is 0.0748. The maximum atomic E-state index is 12.7. The van der Waals surface area contributed by atoms with Gasteiger partial charge < -0.3 is 5.11 Å². The van der Waals surface area contributed by atoms with Gasteiger partial charge in [-0.1, -0.05) is 19.9 Å². The SMILES string of the molecule is CC(C)c1[nH]n(-c2cccc(C(F)(F)F)c2)c(=O)c1C(=O)O. The fraction of sp³-hybridized carbons (Fsp3) is 0.286. The Bertz CT molecular complexity index is 772. The van der Waals surface area contributed by atoms with E-state index in [0.29, 0.717) is 0 Å². The molecule has 118 valence electrons.